The van der Waals surface area contributed by atoms with E-state index in [2.05, 4.69) is 17.3 Å². The van der Waals surface area contributed by atoms with Crippen molar-refractivity contribution in [1.29, 1.82) is 0 Å². The lowest BCUT2D eigenvalue weighted by Crippen LogP contribution is -2.23. The molecule has 168 valence electrons. The Morgan fingerprint density at radius 1 is 1.03 bits per heavy atom. The molecule has 0 aliphatic rings. The van der Waals surface area contributed by atoms with Crippen molar-refractivity contribution in [1.82, 2.24) is 9.78 Å². The quantitative estimate of drug-likeness (QED) is 0.454. The molecule has 8 heteroatoms. The molecule has 1 aromatic heterocycles. The summed E-state index contributed by atoms with van der Waals surface area (Å²) in [6.45, 7) is 2.59. The normalized spacial score (nSPS) is 10.7. The number of hydrogen-bond acceptors (Lipinski definition) is 4. The lowest BCUT2D eigenvalue weighted by molar-refractivity contribution is 0.159. The van der Waals surface area contributed by atoms with E-state index in [1.807, 2.05) is 0 Å². The third-order valence-corrected chi connectivity index (χ3v) is 4.76. The van der Waals surface area contributed by atoms with E-state index in [0.717, 1.165) is 43.9 Å². The van der Waals surface area contributed by atoms with Crippen LogP contribution in [0.2, 0.25) is 0 Å². The van der Waals surface area contributed by atoms with E-state index in [9.17, 15) is 18.4 Å². The van der Waals surface area contributed by atoms with Crippen molar-refractivity contribution >= 4 is 11.8 Å². The maximum atomic E-state index is 13.5. The summed E-state index contributed by atoms with van der Waals surface area (Å²) in [5.41, 5.74) is 1.37. The van der Waals surface area contributed by atoms with Crippen molar-refractivity contribution < 1.29 is 18.3 Å². The zero-order valence-electron chi connectivity index (χ0n) is 17.8. The number of carbonyl (C=O) groups is 1. The molecule has 0 saturated carbocycles. The van der Waals surface area contributed by atoms with Crippen LogP contribution in [0.5, 0.6) is 0 Å². The van der Waals surface area contributed by atoms with Gasteiger partial charge in [-0.25, -0.2) is 18.3 Å². The first kappa shape index (κ1) is 23.1. The van der Waals surface area contributed by atoms with Crippen molar-refractivity contribution in [3.8, 4) is 11.3 Å². The van der Waals surface area contributed by atoms with Crippen molar-refractivity contribution in [3.63, 3.8) is 0 Å². The van der Waals surface area contributed by atoms with Crippen LogP contribution in [0.4, 0.5) is 19.3 Å². The number of nitrogens with one attached hydrogen (secondary N) is 1. The summed E-state index contributed by atoms with van der Waals surface area (Å²) < 4.78 is 33.5. The molecule has 2 aromatic carbocycles. The Balaban J connectivity index is 1.68. The second-order valence-corrected chi connectivity index (χ2v) is 7.39. The Bertz CT molecular complexity index is 1110. The predicted octanol–water partition coefficient (Wildman–Crippen LogP) is 5.37. The fourth-order valence-electron chi connectivity index (χ4n) is 3.19. The minimum absolute atomic E-state index is 0.117. The minimum Gasteiger partial charge on any atom is -0.449 e. The molecular weight excluding hydrogens is 416 g/mol. The maximum Gasteiger partial charge on any atom is 0.411 e. The van der Waals surface area contributed by atoms with Gasteiger partial charge in [0.15, 0.2) is 0 Å². The molecule has 1 amide bonds. The second kappa shape index (κ2) is 11.2. The van der Waals surface area contributed by atoms with Crippen molar-refractivity contribution in [3.05, 3.63) is 82.1 Å². The summed E-state index contributed by atoms with van der Waals surface area (Å²) >= 11 is 0. The van der Waals surface area contributed by atoms with Crippen molar-refractivity contribution in [2.45, 2.75) is 39.2 Å². The van der Waals surface area contributed by atoms with Gasteiger partial charge in [0.2, 0.25) is 0 Å². The monoisotopic (exact) mass is 441 g/mol. The van der Waals surface area contributed by atoms with Crippen LogP contribution in [0.1, 0.15) is 38.2 Å². The predicted molar refractivity (Wildman–Crippen MR) is 119 cm³/mol. The zero-order chi connectivity index (χ0) is 22.9. The summed E-state index contributed by atoms with van der Waals surface area (Å²) in [7, 11) is 0. The molecule has 0 atom stereocenters. The average Bonchev–Trinajstić information content (AvgIpc) is 2.75. The number of amides is 1. The highest BCUT2D eigenvalue weighted by molar-refractivity contribution is 5.84. The van der Waals surface area contributed by atoms with Gasteiger partial charge >= 0.3 is 6.09 Å². The molecule has 0 radical (unpaired) electrons. The molecule has 0 saturated heterocycles. The zero-order valence-corrected chi connectivity index (χ0v) is 17.8. The first-order chi connectivity index (χ1) is 15.4. The van der Waals surface area contributed by atoms with Gasteiger partial charge in [0.25, 0.3) is 5.56 Å². The largest absolute Gasteiger partial charge is 0.449 e. The Labute approximate surface area is 184 Å². The topological polar surface area (TPSA) is 73.2 Å². The fraction of sp³-hybridized carbons (Fsp3) is 0.292. The van der Waals surface area contributed by atoms with Gasteiger partial charge in [0.1, 0.15) is 11.6 Å². The number of carbonyl (C=O) groups excluding carboxylic acids is 1. The molecule has 0 fully saturated rings. The lowest BCUT2D eigenvalue weighted by Gasteiger charge is -2.10. The molecule has 0 aliphatic heterocycles. The second-order valence-electron chi connectivity index (χ2n) is 7.39. The van der Waals surface area contributed by atoms with Crippen LogP contribution in [0.25, 0.3) is 11.3 Å². The first-order valence-electron chi connectivity index (χ1n) is 10.5. The molecular formula is C24H25F2N3O3. The average molecular weight is 441 g/mol. The van der Waals surface area contributed by atoms with Crippen LogP contribution in [0.15, 0.2) is 59.4 Å². The van der Waals surface area contributed by atoms with Crippen LogP contribution in [-0.2, 0) is 11.3 Å². The van der Waals surface area contributed by atoms with Gasteiger partial charge < -0.3 is 4.74 Å². The van der Waals surface area contributed by atoms with Crippen LogP contribution in [-0.4, -0.2) is 22.5 Å². The van der Waals surface area contributed by atoms with Crippen LogP contribution in [0.3, 0.4) is 0 Å². The number of nitrogens with zero attached hydrogens (tertiary/aromatic N) is 2. The number of rotatable bonds is 9. The Morgan fingerprint density at radius 2 is 1.81 bits per heavy atom. The highest BCUT2D eigenvalue weighted by Crippen LogP contribution is 2.19. The molecule has 32 heavy (non-hydrogen) atoms. The molecule has 0 bridgehead atoms. The maximum absolute atomic E-state index is 13.5. The van der Waals surface area contributed by atoms with E-state index in [-0.39, 0.29) is 23.4 Å². The highest BCUT2D eigenvalue weighted by atomic mass is 19.1. The lowest BCUT2D eigenvalue weighted by atomic mass is 10.1. The number of ether oxygens (including phenoxy) is 1. The molecule has 1 N–H and O–H groups in total. The van der Waals surface area contributed by atoms with Gasteiger partial charge in [0, 0.05) is 23.4 Å². The first-order valence-corrected chi connectivity index (χ1v) is 10.5. The summed E-state index contributed by atoms with van der Waals surface area (Å²) in [6.07, 6.45) is 3.52. The van der Waals surface area contributed by atoms with Gasteiger partial charge in [-0.1, -0.05) is 38.3 Å². The number of aromatic nitrogens is 2. The van der Waals surface area contributed by atoms with Crippen molar-refractivity contribution in [2.75, 3.05) is 11.9 Å². The fourth-order valence-corrected chi connectivity index (χ4v) is 3.19. The number of hydrogen-bond donors (Lipinski definition) is 1. The van der Waals surface area contributed by atoms with Gasteiger partial charge in [-0.2, -0.15) is 5.10 Å². The smallest absolute Gasteiger partial charge is 0.411 e. The van der Waals surface area contributed by atoms with Crippen LogP contribution < -0.4 is 10.9 Å². The SMILES string of the molecule is CCCCCCOC(=O)Nc1cccc(Cn2nc(-c3cc(F)cc(F)c3)ccc2=O)c1. The van der Waals surface area contributed by atoms with Crippen molar-refractivity contribution in [2.24, 2.45) is 0 Å². The summed E-state index contributed by atoms with van der Waals surface area (Å²) in [5.74, 6) is -1.45. The third kappa shape index (κ3) is 6.73. The molecule has 0 aliphatic carbocycles. The molecule has 0 spiro atoms. The Kier molecular flexibility index (Phi) is 8.08. The minimum atomic E-state index is -0.726. The van der Waals surface area contributed by atoms with Gasteiger partial charge in [-0.05, 0) is 42.3 Å². The molecule has 6 nitrogen and oxygen atoms in total. The summed E-state index contributed by atoms with van der Waals surface area (Å²) in [4.78, 5) is 24.2. The Morgan fingerprint density at radius 3 is 2.56 bits per heavy atom. The van der Waals surface area contributed by atoms with E-state index in [1.165, 1.54) is 16.8 Å². The van der Waals surface area contributed by atoms with Gasteiger partial charge in [0.05, 0.1) is 18.8 Å². The van der Waals surface area contributed by atoms with Gasteiger partial charge in [-0.15, -0.1) is 0 Å². The number of anilines is 1. The van der Waals surface area contributed by atoms with E-state index < -0.39 is 17.7 Å². The van der Waals surface area contributed by atoms with E-state index in [1.54, 1.807) is 24.3 Å². The number of halogens is 2. The van der Waals surface area contributed by atoms with E-state index in [4.69, 9.17) is 4.74 Å². The van der Waals surface area contributed by atoms with Crippen LogP contribution >= 0.6 is 0 Å². The molecule has 3 rings (SSSR count). The Hall–Kier alpha value is -3.55. The summed E-state index contributed by atoms with van der Waals surface area (Å²) in [5, 5.41) is 6.91. The van der Waals surface area contributed by atoms with E-state index >= 15 is 0 Å². The highest BCUT2D eigenvalue weighted by Gasteiger charge is 2.09. The van der Waals surface area contributed by atoms with Crippen LogP contribution in [0, 0.1) is 11.6 Å². The standard InChI is InChI=1S/C24H25F2N3O3/c1-2-3-4-5-11-32-24(31)27-21-8-6-7-17(12-21)16-29-23(30)10-9-22(28-29)18-13-19(25)15-20(26)14-18/h6-10,12-15H,2-5,11,16H2,1H3,(H,27,31). The molecule has 3 aromatic rings. The van der Waals surface area contributed by atoms with Gasteiger partial charge in [-0.3, -0.25) is 10.1 Å². The third-order valence-electron chi connectivity index (χ3n) is 4.76. The number of benzene rings is 2. The molecule has 1 heterocycles. The summed E-state index contributed by atoms with van der Waals surface area (Å²) in [6, 6.07) is 12.7. The number of unbranched alkanes of at least 4 members (excludes halogenated alkanes) is 3. The van der Waals surface area contributed by atoms with E-state index in [0.29, 0.717) is 17.9 Å². The molecule has 0 unspecified atom stereocenters.